The van der Waals surface area contributed by atoms with Crippen molar-refractivity contribution >= 4 is 26.7 Å². The number of hydrogen-bond acceptors (Lipinski definition) is 4. The fourth-order valence-corrected chi connectivity index (χ4v) is 8.71. The Morgan fingerprint density at radius 1 is 0.963 bits per heavy atom. The van der Waals surface area contributed by atoms with Gasteiger partial charge in [0.15, 0.2) is 0 Å². The van der Waals surface area contributed by atoms with Crippen molar-refractivity contribution in [2.75, 3.05) is 23.8 Å². The molecule has 0 aromatic carbocycles. The average Bonchev–Trinajstić information content (AvgIpc) is 2.49. The molecule has 0 amide bonds. The lowest BCUT2D eigenvalue weighted by Gasteiger charge is -2.17. The molecule has 0 saturated carbocycles. The maximum atomic E-state index is 12.5. The summed E-state index contributed by atoms with van der Waals surface area (Å²) in [6, 6.07) is 0. The van der Waals surface area contributed by atoms with Gasteiger partial charge in [0.2, 0.25) is 7.37 Å². The van der Waals surface area contributed by atoms with Gasteiger partial charge in [-0.2, -0.15) is 0 Å². The molecule has 0 aliphatic rings. The van der Waals surface area contributed by atoms with Gasteiger partial charge in [-0.3, -0.25) is 9.13 Å². The monoisotopic (exact) mass is 438 g/mol. The molecule has 8 heteroatoms. The molecular weight excluding hydrogens is 402 g/mol. The van der Waals surface area contributed by atoms with Gasteiger partial charge in [0.05, 0.1) is 12.1 Å². The highest BCUT2D eigenvalue weighted by molar-refractivity contribution is 8.05. The third-order valence-corrected chi connectivity index (χ3v) is 10.4. The molecule has 0 radical (unpaired) electrons. The minimum absolute atomic E-state index is 0.124. The molecular formula is C19H36O5P2S. The van der Waals surface area contributed by atoms with Crippen LogP contribution in [0.4, 0.5) is 0 Å². The fraction of sp³-hybridized carbons (Fsp3) is 0.684. The van der Waals surface area contributed by atoms with Crippen LogP contribution in [0.1, 0.15) is 60.3 Å². The predicted molar refractivity (Wildman–Crippen MR) is 119 cm³/mol. The summed E-state index contributed by atoms with van der Waals surface area (Å²) in [7, 11) is -7.65. The SMILES string of the molecule is CCOP(=O)(CSCC=C(C)CCC=C(C)CCC=C(C)C)CP(=O)(O)O. The third-order valence-electron chi connectivity index (χ3n) is 3.72. The first-order chi connectivity index (χ1) is 12.5. The zero-order valence-corrected chi connectivity index (χ0v) is 19.9. The van der Waals surface area contributed by atoms with Crippen molar-refractivity contribution in [3.05, 3.63) is 34.9 Å². The fourth-order valence-electron chi connectivity index (χ4n) is 2.37. The minimum atomic E-state index is -4.35. The number of hydrogen-bond donors (Lipinski definition) is 2. The second-order valence-corrected chi connectivity index (χ2v) is 13.1. The van der Waals surface area contributed by atoms with Gasteiger partial charge in [-0.05, 0) is 60.3 Å². The van der Waals surface area contributed by atoms with Crippen molar-refractivity contribution in [1.82, 2.24) is 0 Å². The average molecular weight is 439 g/mol. The maximum absolute atomic E-state index is 12.5. The van der Waals surface area contributed by atoms with Gasteiger partial charge in [0.25, 0.3) is 0 Å². The summed E-state index contributed by atoms with van der Waals surface area (Å²) in [6.45, 7) is 10.3. The molecule has 2 N–H and O–H groups in total. The number of thioether (sulfide) groups is 1. The van der Waals surface area contributed by atoms with E-state index in [-0.39, 0.29) is 12.1 Å². The van der Waals surface area contributed by atoms with Crippen LogP contribution in [0, 0.1) is 0 Å². The van der Waals surface area contributed by atoms with Gasteiger partial charge in [0.1, 0.15) is 5.90 Å². The largest absolute Gasteiger partial charge is 0.335 e. The highest BCUT2D eigenvalue weighted by Crippen LogP contribution is 2.59. The molecule has 27 heavy (non-hydrogen) atoms. The lowest BCUT2D eigenvalue weighted by molar-refractivity contribution is 0.333. The van der Waals surface area contributed by atoms with E-state index in [0.717, 1.165) is 25.7 Å². The normalized spacial score (nSPS) is 15.5. The van der Waals surface area contributed by atoms with Crippen LogP contribution in [0.2, 0.25) is 0 Å². The molecule has 1 unspecified atom stereocenters. The molecule has 0 aliphatic heterocycles. The molecule has 0 aromatic heterocycles. The third kappa shape index (κ3) is 16.6. The van der Waals surface area contributed by atoms with Gasteiger partial charge in [-0.15, -0.1) is 11.8 Å². The topological polar surface area (TPSA) is 83.8 Å². The Bertz CT molecular complexity index is 616. The first kappa shape index (κ1) is 26.9. The van der Waals surface area contributed by atoms with Crippen molar-refractivity contribution in [1.29, 1.82) is 0 Å². The molecule has 0 saturated heterocycles. The summed E-state index contributed by atoms with van der Waals surface area (Å²) in [5.74, 6) is -0.0202. The van der Waals surface area contributed by atoms with Gasteiger partial charge in [-0.25, -0.2) is 0 Å². The summed E-state index contributed by atoms with van der Waals surface area (Å²) in [4.78, 5) is 18.2. The van der Waals surface area contributed by atoms with Crippen LogP contribution in [0.25, 0.3) is 0 Å². The molecule has 0 aromatic rings. The van der Waals surface area contributed by atoms with Crippen LogP contribution in [-0.2, 0) is 13.7 Å². The summed E-state index contributed by atoms with van der Waals surface area (Å²) >= 11 is 1.39. The lowest BCUT2D eigenvalue weighted by atomic mass is 10.1. The van der Waals surface area contributed by atoms with Crippen LogP contribution in [0.5, 0.6) is 0 Å². The first-order valence-corrected chi connectivity index (χ1v) is 14.2. The first-order valence-electron chi connectivity index (χ1n) is 9.27. The number of allylic oxidation sites excluding steroid dienone is 5. The molecule has 0 bridgehead atoms. The van der Waals surface area contributed by atoms with Crippen LogP contribution in [0.15, 0.2) is 34.9 Å². The predicted octanol–water partition coefficient (Wildman–Crippen LogP) is 6.55. The van der Waals surface area contributed by atoms with E-state index in [1.807, 2.05) is 0 Å². The van der Waals surface area contributed by atoms with Crippen LogP contribution in [-0.4, -0.2) is 33.5 Å². The Hall–Kier alpha value is -0.0900. The smallest absolute Gasteiger partial charge is 0.328 e. The maximum Gasteiger partial charge on any atom is 0.335 e. The summed E-state index contributed by atoms with van der Waals surface area (Å²) in [6.07, 6.45) is 10.8. The zero-order valence-electron chi connectivity index (χ0n) is 17.3. The summed E-state index contributed by atoms with van der Waals surface area (Å²) < 4.78 is 28.8. The highest BCUT2D eigenvalue weighted by atomic mass is 32.2. The molecule has 0 aliphatic carbocycles. The van der Waals surface area contributed by atoms with Crippen molar-refractivity contribution < 1.29 is 23.4 Å². The Morgan fingerprint density at radius 2 is 1.52 bits per heavy atom. The van der Waals surface area contributed by atoms with E-state index in [0.29, 0.717) is 5.75 Å². The molecule has 5 nitrogen and oxygen atoms in total. The van der Waals surface area contributed by atoms with E-state index in [1.165, 1.54) is 28.5 Å². The van der Waals surface area contributed by atoms with E-state index in [4.69, 9.17) is 14.3 Å². The lowest BCUT2D eigenvalue weighted by Crippen LogP contribution is -1.99. The van der Waals surface area contributed by atoms with Gasteiger partial charge in [-0.1, -0.05) is 34.9 Å². The molecule has 0 heterocycles. The Kier molecular flexibility index (Phi) is 13.9. The second kappa shape index (κ2) is 14.0. The van der Waals surface area contributed by atoms with Crippen molar-refractivity contribution in [2.24, 2.45) is 0 Å². The van der Waals surface area contributed by atoms with Crippen molar-refractivity contribution in [3.8, 4) is 0 Å². The molecule has 0 rings (SSSR count). The van der Waals surface area contributed by atoms with Gasteiger partial charge < -0.3 is 14.3 Å². The Morgan fingerprint density at radius 3 is 2.04 bits per heavy atom. The Labute approximate surface area is 169 Å². The van der Waals surface area contributed by atoms with E-state index in [9.17, 15) is 9.13 Å². The van der Waals surface area contributed by atoms with Crippen LogP contribution in [0.3, 0.4) is 0 Å². The van der Waals surface area contributed by atoms with Crippen molar-refractivity contribution in [3.63, 3.8) is 0 Å². The molecule has 0 spiro atoms. The van der Waals surface area contributed by atoms with E-state index >= 15 is 0 Å². The summed E-state index contributed by atoms with van der Waals surface area (Å²) in [5, 5.41) is 0. The van der Waals surface area contributed by atoms with Crippen LogP contribution < -0.4 is 0 Å². The second-order valence-electron chi connectivity index (χ2n) is 7.00. The molecule has 1 atom stereocenters. The van der Waals surface area contributed by atoms with Crippen LogP contribution >= 0.6 is 26.7 Å². The van der Waals surface area contributed by atoms with Crippen molar-refractivity contribution in [2.45, 2.75) is 60.3 Å². The van der Waals surface area contributed by atoms with E-state index in [1.54, 1.807) is 6.92 Å². The van der Waals surface area contributed by atoms with Gasteiger partial charge in [0, 0.05) is 5.75 Å². The molecule has 0 fully saturated rings. The zero-order chi connectivity index (χ0) is 20.9. The number of rotatable bonds is 14. The van der Waals surface area contributed by atoms with E-state index in [2.05, 4.69) is 45.9 Å². The quantitative estimate of drug-likeness (QED) is 0.182. The van der Waals surface area contributed by atoms with E-state index < -0.39 is 20.9 Å². The standard InChI is InChI=1S/C19H36O5P2S/c1-6-24-25(20,15-26(21,22)23)16-27-14-13-19(5)12-8-11-18(4)10-7-9-17(2)3/h9,11,13H,6-8,10,12,14-16H2,1-5H3,(H2,21,22,23). The minimum Gasteiger partial charge on any atom is -0.328 e. The highest BCUT2D eigenvalue weighted by Gasteiger charge is 2.32. The summed E-state index contributed by atoms with van der Waals surface area (Å²) in [5.41, 5.74) is 4.15. The molecule has 158 valence electrons. The Balaban J connectivity index is 4.29. The van der Waals surface area contributed by atoms with Gasteiger partial charge >= 0.3 is 7.60 Å².